The third-order valence-corrected chi connectivity index (χ3v) is 6.05. The zero-order chi connectivity index (χ0) is 20.4. The maximum absolute atomic E-state index is 12.0. The third kappa shape index (κ3) is 4.65. The Morgan fingerprint density at radius 1 is 1.17 bits per heavy atom. The molecule has 4 nitrogen and oxygen atoms in total. The Morgan fingerprint density at radius 3 is 2.86 bits per heavy atom. The average Bonchev–Trinajstić information content (AvgIpc) is 2.71. The molecule has 3 aromatic rings. The highest BCUT2D eigenvalue weighted by Crippen LogP contribution is 2.25. The molecule has 0 bridgehead atoms. The van der Waals surface area contributed by atoms with E-state index in [1.807, 2.05) is 43.3 Å². The number of likely N-dealkylation sites (tertiary alicyclic amines) is 1. The Hall–Kier alpha value is -2.30. The van der Waals surface area contributed by atoms with E-state index in [4.69, 9.17) is 20.8 Å². The molecule has 1 aliphatic rings. The second-order valence-corrected chi connectivity index (χ2v) is 8.42. The summed E-state index contributed by atoms with van der Waals surface area (Å²) in [5.74, 6) is 1.22. The zero-order valence-electron chi connectivity index (χ0n) is 16.9. The molecule has 2 heterocycles. The SMILES string of the molecule is Cc1c(C)c2ccc(OCC3CCCN(Cc4cccc(Cl)c4)C3)cc2oc1=O. The normalized spacial score (nSPS) is 17.6. The van der Waals surface area contributed by atoms with E-state index in [1.165, 1.54) is 12.0 Å². The minimum Gasteiger partial charge on any atom is -0.493 e. The fourth-order valence-electron chi connectivity index (χ4n) is 4.06. The second-order valence-electron chi connectivity index (χ2n) is 7.98. The lowest BCUT2D eigenvalue weighted by Crippen LogP contribution is -2.37. The molecule has 0 amide bonds. The highest BCUT2D eigenvalue weighted by atomic mass is 35.5. The van der Waals surface area contributed by atoms with Crippen LogP contribution in [0.3, 0.4) is 0 Å². The average molecular weight is 412 g/mol. The van der Waals surface area contributed by atoms with Gasteiger partial charge >= 0.3 is 5.63 Å². The summed E-state index contributed by atoms with van der Waals surface area (Å²) in [5, 5.41) is 1.74. The molecule has 1 aromatic heterocycles. The second kappa shape index (κ2) is 8.60. The van der Waals surface area contributed by atoms with Gasteiger partial charge in [0.25, 0.3) is 0 Å². The van der Waals surface area contributed by atoms with Crippen LogP contribution in [0.1, 0.15) is 29.5 Å². The number of hydrogen-bond acceptors (Lipinski definition) is 4. The monoisotopic (exact) mass is 411 g/mol. The van der Waals surface area contributed by atoms with Gasteiger partial charge in [-0.2, -0.15) is 0 Å². The Morgan fingerprint density at radius 2 is 2.03 bits per heavy atom. The summed E-state index contributed by atoms with van der Waals surface area (Å²) in [6.07, 6.45) is 2.33. The van der Waals surface area contributed by atoms with Crippen LogP contribution in [-0.2, 0) is 6.54 Å². The maximum atomic E-state index is 12.0. The van der Waals surface area contributed by atoms with Crippen molar-refractivity contribution in [3.05, 3.63) is 74.6 Å². The molecule has 1 saturated heterocycles. The number of nitrogens with zero attached hydrogens (tertiary/aromatic N) is 1. The molecular weight excluding hydrogens is 386 g/mol. The van der Waals surface area contributed by atoms with Gasteiger partial charge in [0.1, 0.15) is 11.3 Å². The Labute approximate surface area is 176 Å². The van der Waals surface area contributed by atoms with Gasteiger partial charge in [0.05, 0.1) is 6.61 Å². The van der Waals surface area contributed by atoms with E-state index in [0.717, 1.165) is 47.8 Å². The minimum atomic E-state index is -0.281. The lowest BCUT2D eigenvalue weighted by Gasteiger charge is -2.32. The molecule has 4 rings (SSSR count). The highest BCUT2D eigenvalue weighted by Gasteiger charge is 2.21. The molecule has 1 atom stereocenters. The van der Waals surface area contributed by atoms with E-state index in [1.54, 1.807) is 6.92 Å². The van der Waals surface area contributed by atoms with Crippen LogP contribution in [0.4, 0.5) is 0 Å². The van der Waals surface area contributed by atoms with Crippen molar-refractivity contribution >= 4 is 22.6 Å². The summed E-state index contributed by atoms with van der Waals surface area (Å²) in [6.45, 7) is 7.43. The molecule has 5 heteroatoms. The third-order valence-electron chi connectivity index (χ3n) is 5.81. The fraction of sp³-hybridized carbons (Fsp3) is 0.375. The minimum absolute atomic E-state index is 0.281. The number of benzene rings is 2. The molecule has 0 saturated carbocycles. The van der Waals surface area contributed by atoms with Crippen LogP contribution in [0.25, 0.3) is 11.0 Å². The number of fused-ring (bicyclic) bond motifs is 1. The smallest absolute Gasteiger partial charge is 0.339 e. The molecule has 2 aromatic carbocycles. The maximum Gasteiger partial charge on any atom is 0.339 e. The molecule has 1 aliphatic heterocycles. The number of rotatable bonds is 5. The van der Waals surface area contributed by atoms with Gasteiger partial charge in [0.15, 0.2) is 0 Å². The summed E-state index contributed by atoms with van der Waals surface area (Å²) in [5.41, 5.74) is 3.17. The predicted octanol–water partition coefficient (Wildman–Crippen LogP) is 5.35. The van der Waals surface area contributed by atoms with Crippen molar-refractivity contribution in [2.75, 3.05) is 19.7 Å². The lowest BCUT2D eigenvalue weighted by atomic mass is 9.98. The van der Waals surface area contributed by atoms with E-state index >= 15 is 0 Å². The summed E-state index contributed by atoms with van der Waals surface area (Å²) < 4.78 is 11.5. The number of hydrogen-bond donors (Lipinski definition) is 0. The van der Waals surface area contributed by atoms with E-state index in [9.17, 15) is 4.79 Å². The highest BCUT2D eigenvalue weighted by molar-refractivity contribution is 6.30. The first-order chi connectivity index (χ1) is 14.0. The van der Waals surface area contributed by atoms with Crippen LogP contribution in [-0.4, -0.2) is 24.6 Å². The van der Waals surface area contributed by atoms with Gasteiger partial charge in [-0.25, -0.2) is 4.79 Å². The fourth-order valence-corrected chi connectivity index (χ4v) is 4.27. The number of halogens is 1. The molecule has 152 valence electrons. The van der Waals surface area contributed by atoms with E-state index < -0.39 is 0 Å². The van der Waals surface area contributed by atoms with E-state index in [0.29, 0.717) is 23.7 Å². The van der Waals surface area contributed by atoms with Gasteiger partial charge in [-0.05, 0) is 68.6 Å². The first-order valence-electron chi connectivity index (χ1n) is 10.1. The topological polar surface area (TPSA) is 42.7 Å². The van der Waals surface area contributed by atoms with Gasteiger partial charge in [-0.15, -0.1) is 0 Å². The largest absolute Gasteiger partial charge is 0.493 e. The molecule has 0 radical (unpaired) electrons. The number of piperidine rings is 1. The van der Waals surface area contributed by atoms with Crippen molar-refractivity contribution in [2.45, 2.75) is 33.2 Å². The van der Waals surface area contributed by atoms with Crippen molar-refractivity contribution in [1.82, 2.24) is 4.90 Å². The van der Waals surface area contributed by atoms with Crippen LogP contribution in [0, 0.1) is 19.8 Å². The van der Waals surface area contributed by atoms with Gasteiger partial charge in [-0.1, -0.05) is 23.7 Å². The van der Waals surface area contributed by atoms with Crippen molar-refractivity contribution in [3.63, 3.8) is 0 Å². The number of ether oxygens (including phenoxy) is 1. The van der Waals surface area contributed by atoms with Crippen LogP contribution in [0.15, 0.2) is 51.7 Å². The molecule has 1 fully saturated rings. The van der Waals surface area contributed by atoms with Crippen LogP contribution in [0.5, 0.6) is 5.75 Å². The summed E-state index contributed by atoms with van der Waals surface area (Å²) in [6, 6.07) is 13.8. The van der Waals surface area contributed by atoms with Crippen LogP contribution in [0.2, 0.25) is 5.02 Å². The number of aryl methyl sites for hydroxylation is 1. The van der Waals surface area contributed by atoms with E-state index in [-0.39, 0.29) is 5.63 Å². The molecule has 0 N–H and O–H groups in total. The Bertz CT molecular complexity index is 1080. The predicted molar refractivity (Wildman–Crippen MR) is 117 cm³/mol. The Balaban J connectivity index is 1.39. The van der Waals surface area contributed by atoms with Crippen molar-refractivity contribution in [2.24, 2.45) is 5.92 Å². The first-order valence-corrected chi connectivity index (χ1v) is 10.5. The van der Waals surface area contributed by atoms with Crippen LogP contribution < -0.4 is 10.4 Å². The molecule has 29 heavy (non-hydrogen) atoms. The van der Waals surface area contributed by atoms with Gasteiger partial charge in [0.2, 0.25) is 0 Å². The lowest BCUT2D eigenvalue weighted by molar-refractivity contribution is 0.125. The first kappa shape index (κ1) is 20.0. The van der Waals surface area contributed by atoms with Gasteiger partial charge in [-0.3, -0.25) is 4.90 Å². The van der Waals surface area contributed by atoms with E-state index in [2.05, 4.69) is 11.0 Å². The quantitative estimate of drug-likeness (QED) is 0.530. The molecule has 0 spiro atoms. The van der Waals surface area contributed by atoms with Gasteiger partial charge < -0.3 is 9.15 Å². The van der Waals surface area contributed by atoms with Crippen LogP contribution >= 0.6 is 11.6 Å². The summed E-state index contributed by atoms with van der Waals surface area (Å²) in [4.78, 5) is 14.4. The van der Waals surface area contributed by atoms with Crippen molar-refractivity contribution in [3.8, 4) is 5.75 Å². The molecule has 1 unspecified atom stereocenters. The van der Waals surface area contributed by atoms with Crippen molar-refractivity contribution < 1.29 is 9.15 Å². The zero-order valence-corrected chi connectivity index (χ0v) is 17.7. The molecular formula is C24H26ClNO3. The molecule has 0 aliphatic carbocycles. The van der Waals surface area contributed by atoms with Gasteiger partial charge in [0, 0.05) is 41.0 Å². The van der Waals surface area contributed by atoms with Crippen molar-refractivity contribution in [1.29, 1.82) is 0 Å². The Kier molecular flexibility index (Phi) is 5.93. The summed E-state index contributed by atoms with van der Waals surface area (Å²) in [7, 11) is 0. The standard InChI is InChI=1S/C24H26ClNO3/c1-16-17(2)24(27)29-23-12-21(8-9-22(16)23)28-15-19-6-4-10-26(14-19)13-18-5-3-7-20(25)11-18/h3,5,7-9,11-12,19H,4,6,10,13-15H2,1-2H3. The summed E-state index contributed by atoms with van der Waals surface area (Å²) >= 11 is 6.11.